The van der Waals surface area contributed by atoms with Crippen molar-refractivity contribution in [2.75, 3.05) is 26.2 Å². The average molecular weight is 472 g/mol. The summed E-state index contributed by atoms with van der Waals surface area (Å²) in [6.07, 6.45) is 5.02. The third-order valence-electron chi connectivity index (χ3n) is 6.22. The summed E-state index contributed by atoms with van der Waals surface area (Å²) in [6, 6.07) is 24.6. The van der Waals surface area contributed by atoms with Crippen molar-refractivity contribution < 1.29 is 14.6 Å². The van der Waals surface area contributed by atoms with Gasteiger partial charge in [-0.05, 0) is 73.5 Å². The van der Waals surface area contributed by atoms with Gasteiger partial charge in [-0.2, -0.15) is 0 Å². The van der Waals surface area contributed by atoms with E-state index in [4.69, 9.17) is 9.47 Å². The zero-order valence-electron chi connectivity index (χ0n) is 19.5. The first-order valence-electron chi connectivity index (χ1n) is 11.9. The standard InChI is InChI=1S/C28H29N3O4/c32-24-14-16-29(17-15-24)20-21-34-25-10-6-22(7-11-25)30-18-19-31(28(30)33)23-8-12-27(13-9-23)35-26-4-2-1-3-5-26/h1-13,18-19,24,32H,14-17,20-21H2. The number of para-hydroxylation sites is 1. The van der Waals surface area contributed by atoms with Crippen molar-refractivity contribution in [1.82, 2.24) is 14.0 Å². The largest absolute Gasteiger partial charge is 0.492 e. The van der Waals surface area contributed by atoms with Crippen molar-refractivity contribution in [1.29, 1.82) is 0 Å². The van der Waals surface area contributed by atoms with E-state index in [9.17, 15) is 9.90 Å². The third kappa shape index (κ3) is 5.65. The number of rotatable bonds is 8. The SMILES string of the molecule is O=c1n(-c2ccc(OCCN3CCC(O)CC3)cc2)ccn1-c1ccc(Oc2ccccc2)cc1. The molecule has 7 heteroatoms. The molecule has 0 bridgehead atoms. The molecular formula is C28H29N3O4. The highest BCUT2D eigenvalue weighted by Gasteiger charge is 2.16. The van der Waals surface area contributed by atoms with E-state index in [0.29, 0.717) is 12.4 Å². The normalized spacial score (nSPS) is 14.7. The number of aliphatic hydroxyl groups is 1. The van der Waals surface area contributed by atoms with Gasteiger partial charge >= 0.3 is 5.69 Å². The second-order valence-corrected chi connectivity index (χ2v) is 8.64. The molecule has 35 heavy (non-hydrogen) atoms. The Morgan fingerprint density at radius 1 is 0.743 bits per heavy atom. The lowest BCUT2D eigenvalue weighted by atomic mass is 10.1. The lowest BCUT2D eigenvalue weighted by Crippen LogP contribution is -2.38. The average Bonchev–Trinajstić information content (AvgIpc) is 3.28. The number of benzene rings is 3. The van der Waals surface area contributed by atoms with Crippen LogP contribution in [0, 0.1) is 0 Å². The van der Waals surface area contributed by atoms with Gasteiger partial charge in [0.25, 0.3) is 0 Å². The van der Waals surface area contributed by atoms with E-state index >= 15 is 0 Å². The summed E-state index contributed by atoms with van der Waals surface area (Å²) in [5, 5.41) is 9.61. The molecule has 1 fully saturated rings. The number of ether oxygens (including phenoxy) is 2. The second-order valence-electron chi connectivity index (χ2n) is 8.64. The van der Waals surface area contributed by atoms with Crippen LogP contribution in [-0.2, 0) is 0 Å². The molecule has 0 spiro atoms. The molecule has 0 atom stereocenters. The molecule has 5 rings (SSSR count). The smallest absolute Gasteiger partial charge is 0.337 e. The molecule has 3 aromatic carbocycles. The fraction of sp³-hybridized carbons (Fsp3) is 0.250. The van der Waals surface area contributed by atoms with E-state index in [1.54, 1.807) is 21.5 Å². The molecule has 180 valence electrons. The summed E-state index contributed by atoms with van der Waals surface area (Å²) in [6.45, 7) is 3.25. The topological polar surface area (TPSA) is 68.9 Å². The molecule has 7 nitrogen and oxygen atoms in total. The minimum Gasteiger partial charge on any atom is -0.492 e. The number of aromatic nitrogens is 2. The highest BCUT2D eigenvalue weighted by molar-refractivity contribution is 5.41. The van der Waals surface area contributed by atoms with Crippen LogP contribution in [0.4, 0.5) is 0 Å². The van der Waals surface area contributed by atoms with Crippen LogP contribution in [0.25, 0.3) is 11.4 Å². The maximum Gasteiger partial charge on any atom is 0.337 e. The van der Waals surface area contributed by atoms with E-state index < -0.39 is 0 Å². The van der Waals surface area contributed by atoms with E-state index in [0.717, 1.165) is 55.3 Å². The van der Waals surface area contributed by atoms with Crippen molar-refractivity contribution in [2.45, 2.75) is 18.9 Å². The number of hydrogen-bond donors (Lipinski definition) is 1. The molecule has 0 radical (unpaired) electrons. The Balaban J connectivity index is 1.20. The van der Waals surface area contributed by atoms with Gasteiger partial charge in [0.1, 0.15) is 23.9 Å². The maximum atomic E-state index is 13.0. The van der Waals surface area contributed by atoms with Gasteiger partial charge in [-0.15, -0.1) is 0 Å². The molecule has 1 aliphatic rings. The zero-order chi connectivity index (χ0) is 24.0. The van der Waals surface area contributed by atoms with E-state index in [2.05, 4.69) is 4.90 Å². The lowest BCUT2D eigenvalue weighted by Gasteiger charge is -2.29. The summed E-state index contributed by atoms with van der Waals surface area (Å²) in [7, 11) is 0. The molecule has 1 saturated heterocycles. The van der Waals surface area contributed by atoms with Gasteiger partial charge in [-0.3, -0.25) is 14.0 Å². The van der Waals surface area contributed by atoms with Crippen LogP contribution in [0.3, 0.4) is 0 Å². The summed E-state index contributed by atoms with van der Waals surface area (Å²) in [5.41, 5.74) is 1.39. The van der Waals surface area contributed by atoms with Crippen LogP contribution < -0.4 is 15.2 Å². The van der Waals surface area contributed by atoms with Crippen molar-refractivity contribution in [3.05, 3.63) is 102 Å². The Morgan fingerprint density at radius 3 is 1.89 bits per heavy atom. The van der Waals surface area contributed by atoms with E-state index in [1.807, 2.05) is 78.9 Å². The summed E-state index contributed by atoms with van der Waals surface area (Å²) in [5.74, 6) is 2.25. The van der Waals surface area contributed by atoms with E-state index in [-0.39, 0.29) is 11.8 Å². The Morgan fingerprint density at radius 2 is 1.29 bits per heavy atom. The van der Waals surface area contributed by atoms with Crippen LogP contribution >= 0.6 is 0 Å². The Hall–Kier alpha value is -3.81. The van der Waals surface area contributed by atoms with Crippen LogP contribution in [0.5, 0.6) is 17.2 Å². The predicted molar refractivity (Wildman–Crippen MR) is 135 cm³/mol. The summed E-state index contributed by atoms with van der Waals surface area (Å²) in [4.78, 5) is 15.4. The molecule has 0 saturated carbocycles. The molecular weight excluding hydrogens is 442 g/mol. The molecule has 2 heterocycles. The van der Waals surface area contributed by atoms with Crippen molar-refractivity contribution in [3.63, 3.8) is 0 Å². The number of nitrogens with zero attached hydrogens (tertiary/aromatic N) is 3. The van der Waals surface area contributed by atoms with Gasteiger partial charge in [-0.1, -0.05) is 18.2 Å². The monoisotopic (exact) mass is 471 g/mol. The second kappa shape index (κ2) is 10.6. The quantitative estimate of drug-likeness (QED) is 0.416. The predicted octanol–water partition coefficient (Wildman–Crippen LogP) is 4.26. The van der Waals surface area contributed by atoms with Gasteiger partial charge in [-0.25, -0.2) is 4.79 Å². The molecule has 4 aromatic rings. The minimum absolute atomic E-state index is 0.150. The number of aliphatic hydroxyl groups excluding tert-OH is 1. The van der Waals surface area contributed by atoms with E-state index in [1.165, 1.54) is 0 Å². The van der Waals surface area contributed by atoms with Gasteiger partial charge in [0.05, 0.1) is 17.5 Å². The molecule has 0 amide bonds. The fourth-order valence-electron chi connectivity index (χ4n) is 4.21. The fourth-order valence-corrected chi connectivity index (χ4v) is 4.21. The van der Waals surface area contributed by atoms with Gasteiger partial charge in [0.2, 0.25) is 0 Å². The van der Waals surface area contributed by atoms with Gasteiger partial charge < -0.3 is 14.6 Å². The summed E-state index contributed by atoms with van der Waals surface area (Å²) >= 11 is 0. The first kappa shape index (κ1) is 23.0. The Kier molecular flexibility index (Phi) is 6.97. The molecule has 0 unspecified atom stereocenters. The van der Waals surface area contributed by atoms with Gasteiger partial charge in [0.15, 0.2) is 0 Å². The third-order valence-corrected chi connectivity index (χ3v) is 6.22. The molecule has 1 N–H and O–H groups in total. The first-order valence-corrected chi connectivity index (χ1v) is 11.9. The maximum absolute atomic E-state index is 13.0. The molecule has 1 aliphatic heterocycles. The minimum atomic E-state index is -0.161. The van der Waals surface area contributed by atoms with Crippen LogP contribution in [0.1, 0.15) is 12.8 Å². The van der Waals surface area contributed by atoms with Crippen molar-refractivity contribution in [2.24, 2.45) is 0 Å². The van der Waals surface area contributed by atoms with Crippen LogP contribution in [0.15, 0.2) is 96.1 Å². The number of imidazole rings is 1. The van der Waals surface area contributed by atoms with Crippen molar-refractivity contribution in [3.8, 4) is 28.6 Å². The number of hydrogen-bond acceptors (Lipinski definition) is 5. The number of piperidine rings is 1. The highest BCUT2D eigenvalue weighted by Crippen LogP contribution is 2.22. The Labute approximate surface area is 204 Å². The number of likely N-dealkylation sites (tertiary alicyclic amines) is 1. The molecule has 1 aromatic heterocycles. The Bertz CT molecular complexity index is 1270. The molecule has 0 aliphatic carbocycles. The lowest BCUT2D eigenvalue weighted by molar-refractivity contribution is 0.0755. The van der Waals surface area contributed by atoms with Crippen LogP contribution in [-0.4, -0.2) is 51.5 Å². The van der Waals surface area contributed by atoms with Crippen LogP contribution in [0.2, 0.25) is 0 Å². The van der Waals surface area contributed by atoms with Crippen molar-refractivity contribution >= 4 is 0 Å². The first-order chi connectivity index (χ1) is 17.2. The zero-order valence-corrected chi connectivity index (χ0v) is 19.5. The highest BCUT2D eigenvalue weighted by atomic mass is 16.5. The summed E-state index contributed by atoms with van der Waals surface area (Å²) < 4.78 is 14.9. The van der Waals surface area contributed by atoms with Gasteiger partial charge in [0, 0.05) is 32.0 Å².